The molecule has 2 aliphatic carbocycles. The Morgan fingerprint density at radius 1 is 1.29 bits per heavy atom. The molecule has 1 fully saturated rings. The Kier molecular flexibility index (Phi) is 3.37. The third-order valence-corrected chi connectivity index (χ3v) is 4.26. The van der Waals surface area contributed by atoms with Crippen molar-refractivity contribution < 1.29 is 19.4 Å². The van der Waals surface area contributed by atoms with Crippen LogP contribution in [-0.4, -0.2) is 29.1 Å². The van der Waals surface area contributed by atoms with E-state index in [4.69, 9.17) is 4.74 Å². The van der Waals surface area contributed by atoms with Gasteiger partial charge >= 0.3 is 5.97 Å². The number of anilines is 1. The number of fused-ring (bicyclic) bond motifs is 2. The zero-order valence-corrected chi connectivity index (χ0v) is 11.5. The first-order chi connectivity index (χ1) is 10.1. The number of hydrogen-bond donors (Lipinski definition) is 2. The van der Waals surface area contributed by atoms with Gasteiger partial charge in [0.2, 0.25) is 11.8 Å². The lowest BCUT2D eigenvalue weighted by atomic mass is 9.82. The van der Waals surface area contributed by atoms with Crippen molar-refractivity contribution in [1.29, 1.82) is 0 Å². The molecule has 0 saturated heterocycles. The molecule has 4 unspecified atom stereocenters. The van der Waals surface area contributed by atoms with Gasteiger partial charge in [0.05, 0.1) is 30.8 Å². The monoisotopic (exact) mass is 288 g/mol. The molecule has 0 radical (unpaired) electrons. The summed E-state index contributed by atoms with van der Waals surface area (Å²) in [6, 6.07) is 3.33. The number of methoxy groups -OCH3 is 1. The van der Waals surface area contributed by atoms with Crippen molar-refractivity contribution >= 4 is 17.6 Å². The van der Waals surface area contributed by atoms with Gasteiger partial charge in [0, 0.05) is 6.07 Å². The average molecular weight is 288 g/mol. The van der Waals surface area contributed by atoms with Gasteiger partial charge in [-0.25, -0.2) is 4.98 Å². The van der Waals surface area contributed by atoms with Crippen LogP contribution < -0.4 is 10.1 Å². The summed E-state index contributed by atoms with van der Waals surface area (Å²) in [5.41, 5.74) is 0.539. The summed E-state index contributed by atoms with van der Waals surface area (Å²) < 4.78 is 4.95. The van der Waals surface area contributed by atoms with E-state index in [2.05, 4.69) is 10.3 Å². The fourth-order valence-electron chi connectivity index (χ4n) is 3.32. The van der Waals surface area contributed by atoms with Crippen molar-refractivity contribution in [2.45, 2.75) is 6.42 Å². The van der Waals surface area contributed by atoms with E-state index < -0.39 is 17.8 Å². The molecule has 6 heteroatoms. The summed E-state index contributed by atoms with van der Waals surface area (Å²) >= 11 is 0. The Morgan fingerprint density at radius 2 is 2.00 bits per heavy atom. The maximum atomic E-state index is 12.4. The van der Waals surface area contributed by atoms with Gasteiger partial charge in [-0.15, -0.1) is 0 Å². The lowest BCUT2D eigenvalue weighted by Crippen LogP contribution is -2.36. The maximum Gasteiger partial charge on any atom is 0.307 e. The van der Waals surface area contributed by atoms with Crippen LogP contribution in [0, 0.1) is 23.7 Å². The third kappa shape index (κ3) is 2.37. The van der Waals surface area contributed by atoms with E-state index in [1.54, 1.807) is 12.1 Å². The van der Waals surface area contributed by atoms with Gasteiger partial charge in [-0.05, 0) is 24.3 Å². The van der Waals surface area contributed by atoms with Crippen molar-refractivity contribution in [2.75, 3.05) is 12.4 Å². The maximum absolute atomic E-state index is 12.4. The van der Waals surface area contributed by atoms with Crippen LogP contribution >= 0.6 is 0 Å². The topological polar surface area (TPSA) is 88.5 Å². The zero-order valence-electron chi connectivity index (χ0n) is 11.5. The van der Waals surface area contributed by atoms with Crippen LogP contribution in [0.25, 0.3) is 0 Å². The third-order valence-electron chi connectivity index (χ3n) is 4.26. The van der Waals surface area contributed by atoms with Gasteiger partial charge in [-0.2, -0.15) is 0 Å². The molecule has 21 heavy (non-hydrogen) atoms. The average Bonchev–Trinajstić information content (AvgIpc) is 3.08. The minimum atomic E-state index is -0.903. The number of ether oxygens (including phenoxy) is 1. The summed E-state index contributed by atoms with van der Waals surface area (Å²) in [7, 11) is 1.51. The predicted molar refractivity (Wildman–Crippen MR) is 74.8 cm³/mol. The van der Waals surface area contributed by atoms with Crippen LogP contribution in [-0.2, 0) is 9.59 Å². The van der Waals surface area contributed by atoms with Crippen molar-refractivity contribution in [2.24, 2.45) is 23.7 Å². The summed E-state index contributed by atoms with van der Waals surface area (Å²) in [6.45, 7) is 0. The van der Waals surface area contributed by atoms with Crippen LogP contribution in [0.2, 0.25) is 0 Å². The Bertz CT molecular complexity index is 596. The van der Waals surface area contributed by atoms with E-state index in [1.807, 2.05) is 12.2 Å². The number of hydrogen-bond acceptors (Lipinski definition) is 4. The molecule has 3 rings (SSSR count). The number of nitrogens with zero attached hydrogens (tertiary/aromatic N) is 1. The second kappa shape index (κ2) is 5.20. The molecule has 2 aliphatic rings. The highest BCUT2D eigenvalue weighted by Gasteiger charge is 2.51. The molecular weight excluding hydrogens is 272 g/mol. The fourth-order valence-corrected chi connectivity index (χ4v) is 3.32. The molecule has 2 N–H and O–H groups in total. The second-order valence-corrected chi connectivity index (χ2v) is 5.42. The summed E-state index contributed by atoms with van der Waals surface area (Å²) in [4.78, 5) is 27.8. The van der Waals surface area contributed by atoms with E-state index in [0.29, 0.717) is 11.6 Å². The predicted octanol–water partition coefficient (Wildman–Crippen LogP) is 1.55. The molecule has 0 spiro atoms. The first kappa shape index (κ1) is 13.6. The molecule has 4 atom stereocenters. The summed E-state index contributed by atoms with van der Waals surface area (Å²) in [5.74, 6) is -1.87. The smallest absolute Gasteiger partial charge is 0.307 e. The Hall–Kier alpha value is -2.37. The molecule has 1 saturated carbocycles. The van der Waals surface area contributed by atoms with E-state index in [1.165, 1.54) is 13.3 Å². The Balaban J connectivity index is 1.75. The first-order valence-corrected chi connectivity index (χ1v) is 6.82. The Labute approximate surface area is 121 Å². The number of carbonyl (C=O) groups excluding carboxylic acids is 1. The molecular formula is C15H16N2O4. The first-order valence-electron chi connectivity index (χ1n) is 6.82. The van der Waals surface area contributed by atoms with Crippen molar-refractivity contribution in [3.63, 3.8) is 0 Å². The molecule has 1 aromatic heterocycles. The van der Waals surface area contributed by atoms with E-state index in [-0.39, 0.29) is 17.7 Å². The van der Waals surface area contributed by atoms with Gasteiger partial charge in [-0.1, -0.05) is 12.2 Å². The highest BCUT2D eigenvalue weighted by atomic mass is 16.5. The summed E-state index contributed by atoms with van der Waals surface area (Å²) in [5, 5.41) is 12.1. The molecule has 0 aliphatic heterocycles. The highest BCUT2D eigenvalue weighted by molar-refractivity contribution is 5.96. The summed E-state index contributed by atoms with van der Waals surface area (Å²) in [6.07, 6.45) is 6.12. The highest BCUT2D eigenvalue weighted by Crippen LogP contribution is 2.48. The largest absolute Gasteiger partial charge is 0.481 e. The second-order valence-electron chi connectivity index (χ2n) is 5.42. The molecule has 6 nitrogen and oxygen atoms in total. The van der Waals surface area contributed by atoms with Crippen LogP contribution in [0.4, 0.5) is 5.69 Å². The van der Waals surface area contributed by atoms with Crippen LogP contribution in [0.5, 0.6) is 5.88 Å². The van der Waals surface area contributed by atoms with Crippen molar-refractivity contribution in [3.8, 4) is 5.88 Å². The van der Waals surface area contributed by atoms with Crippen molar-refractivity contribution in [3.05, 3.63) is 30.5 Å². The van der Waals surface area contributed by atoms with Gasteiger partial charge < -0.3 is 15.2 Å². The van der Waals surface area contributed by atoms with Gasteiger partial charge in [0.1, 0.15) is 0 Å². The van der Waals surface area contributed by atoms with Crippen molar-refractivity contribution in [1.82, 2.24) is 4.98 Å². The molecule has 1 heterocycles. The number of carboxylic acids is 1. The minimum Gasteiger partial charge on any atom is -0.481 e. The quantitative estimate of drug-likeness (QED) is 0.821. The normalized spacial score (nSPS) is 29.4. The van der Waals surface area contributed by atoms with E-state index in [9.17, 15) is 14.7 Å². The number of amides is 1. The number of carbonyl (C=O) groups is 2. The number of allylic oxidation sites excluding steroid dienone is 2. The van der Waals surface area contributed by atoms with E-state index in [0.717, 1.165) is 6.42 Å². The van der Waals surface area contributed by atoms with E-state index >= 15 is 0 Å². The minimum absolute atomic E-state index is 0.0160. The molecule has 110 valence electrons. The molecule has 1 amide bonds. The van der Waals surface area contributed by atoms with Gasteiger partial charge in [0.25, 0.3) is 0 Å². The fraction of sp³-hybridized carbons (Fsp3) is 0.400. The van der Waals surface area contributed by atoms with Gasteiger partial charge in [0.15, 0.2) is 0 Å². The van der Waals surface area contributed by atoms with Crippen LogP contribution in [0.3, 0.4) is 0 Å². The molecule has 1 aromatic rings. The number of pyridine rings is 1. The number of nitrogens with one attached hydrogen (secondary N) is 1. The van der Waals surface area contributed by atoms with Crippen LogP contribution in [0.1, 0.15) is 6.42 Å². The number of aliphatic carboxylic acids is 1. The van der Waals surface area contributed by atoms with Crippen LogP contribution in [0.15, 0.2) is 30.5 Å². The number of carboxylic acid groups (broad SMARTS) is 1. The lowest BCUT2D eigenvalue weighted by molar-refractivity contribution is -0.146. The van der Waals surface area contributed by atoms with Gasteiger partial charge in [-0.3, -0.25) is 9.59 Å². The number of aromatic nitrogens is 1. The Morgan fingerprint density at radius 3 is 2.57 bits per heavy atom. The number of rotatable bonds is 4. The molecule has 2 bridgehead atoms. The molecule has 0 aromatic carbocycles. The SMILES string of the molecule is COc1ccc(NC(=O)C2C3C=CC(C3)C2C(=O)O)cn1. The lowest BCUT2D eigenvalue weighted by Gasteiger charge is -2.23. The standard InChI is InChI=1S/C15H16N2O4/c1-21-11-5-4-10(7-16-11)17-14(18)12-8-2-3-9(6-8)13(12)15(19)20/h2-5,7-9,12-13H,6H2,1H3,(H,17,18)(H,19,20). The zero-order chi connectivity index (χ0) is 15.0.